The van der Waals surface area contributed by atoms with Crippen LogP contribution in [0.4, 0.5) is 4.39 Å². The maximum absolute atomic E-state index is 13.3. The minimum absolute atomic E-state index is 0.134. The van der Waals surface area contributed by atoms with Crippen LogP contribution in [0.1, 0.15) is 11.1 Å². The van der Waals surface area contributed by atoms with Crippen LogP contribution in [0.3, 0.4) is 0 Å². The molecule has 0 N–H and O–H groups in total. The van der Waals surface area contributed by atoms with E-state index in [0.717, 1.165) is 11.1 Å². The standard InChI is InChI=1S/C13H13FN/c1-15-8-6-11(7-9-15)10-12-4-2-3-5-13(12)14/h2-9H,10H2,1H3/q+1. The number of benzene rings is 1. The van der Waals surface area contributed by atoms with E-state index in [2.05, 4.69) is 0 Å². The predicted molar refractivity (Wildman–Crippen MR) is 56.8 cm³/mol. The van der Waals surface area contributed by atoms with Gasteiger partial charge in [-0.15, -0.1) is 0 Å². The first-order valence-electron chi connectivity index (χ1n) is 4.93. The summed E-state index contributed by atoms with van der Waals surface area (Å²) < 4.78 is 15.3. The lowest BCUT2D eigenvalue weighted by Crippen LogP contribution is -2.25. The average Bonchev–Trinajstić information content (AvgIpc) is 2.25. The van der Waals surface area contributed by atoms with E-state index in [1.807, 2.05) is 48.3 Å². The second-order valence-corrected chi connectivity index (χ2v) is 3.64. The van der Waals surface area contributed by atoms with Gasteiger partial charge in [0.2, 0.25) is 0 Å². The molecule has 15 heavy (non-hydrogen) atoms. The molecule has 0 saturated carbocycles. The highest BCUT2D eigenvalue weighted by atomic mass is 19.1. The van der Waals surface area contributed by atoms with E-state index < -0.39 is 0 Å². The number of aromatic nitrogens is 1. The summed E-state index contributed by atoms with van der Waals surface area (Å²) in [5.41, 5.74) is 1.87. The summed E-state index contributed by atoms with van der Waals surface area (Å²) in [6.45, 7) is 0. The summed E-state index contributed by atoms with van der Waals surface area (Å²) in [6, 6.07) is 10.9. The fourth-order valence-corrected chi connectivity index (χ4v) is 1.51. The van der Waals surface area contributed by atoms with Gasteiger partial charge in [0.1, 0.15) is 12.9 Å². The molecular formula is C13H13FN+. The molecule has 1 nitrogen and oxygen atoms in total. The van der Waals surface area contributed by atoms with Gasteiger partial charge in [-0.05, 0) is 17.2 Å². The molecule has 0 aliphatic carbocycles. The van der Waals surface area contributed by atoms with Gasteiger partial charge in [-0.1, -0.05) is 18.2 Å². The van der Waals surface area contributed by atoms with Gasteiger partial charge in [0.05, 0.1) is 0 Å². The zero-order chi connectivity index (χ0) is 10.7. The van der Waals surface area contributed by atoms with Crippen LogP contribution in [0, 0.1) is 5.82 Å². The van der Waals surface area contributed by atoms with Crippen LogP contribution in [-0.4, -0.2) is 0 Å². The molecule has 1 aromatic carbocycles. The lowest BCUT2D eigenvalue weighted by atomic mass is 10.1. The highest BCUT2D eigenvalue weighted by Crippen LogP contribution is 2.11. The van der Waals surface area contributed by atoms with E-state index in [4.69, 9.17) is 0 Å². The van der Waals surface area contributed by atoms with Gasteiger partial charge in [-0.25, -0.2) is 8.96 Å². The summed E-state index contributed by atoms with van der Waals surface area (Å²) in [7, 11) is 1.97. The molecule has 0 spiro atoms. The molecule has 2 rings (SSSR count). The molecule has 76 valence electrons. The Morgan fingerprint density at radius 3 is 2.40 bits per heavy atom. The molecule has 2 aromatic rings. The predicted octanol–water partition coefficient (Wildman–Crippen LogP) is 2.24. The van der Waals surface area contributed by atoms with Crippen molar-refractivity contribution in [1.29, 1.82) is 0 Å². The van der Waals surface area contributed by atoms with Crippen LogP contribution in [-0.2, 0) is 13.5 Å². The Bertz CT molecular complexity index is 448. The second kappa shape index (κ2) is 4.22. The lowest BCUT2D eigenvalue weighted by Gasteiger charge is -2.01. The summed E-state index contributed by atoms with van der Waals surface area (Å²) in [5.74, 6) is -0.134. The van der Waals surface area contributed by atoms with Crippen LogP contribution in [0.15, 0.2) is 48.8 Å². The van der Waals surface area contributed by atoms with Crippen molar-refractivity contribution in [3.8, 4) is 0 Å². The highest BCUT2D eigenvalue weighted by Gasteiger charge is 2.02. The summed E-state index contributed by atoms with van der Waals surface area (Å²) in [4.78, 5) is 0. The number of rotatable bonds is 2. The fourth-order valence-electron chi connectivity index (χ4n) is 1.51. The molecule has 1 aromatic heterocycles. The number of pyridine rings is 1. The Kier molecular flexibility index (Phi) is 2.77. The van der Waals surface area contributed by atoms with Gasteiger partial charge in [-0.3, -0.25) is 0 Å². The topological polar surface area (TPSA) is 3.88 Å². The number of aryl methyl sites for hydroxylation is 1. The average molecular weight is 202 g/mol. The molecule has 0 atom stereocenters. The fraction of sp³-hybridized carbons (Fsp3) is 0.154. The van der Waals surface area contributed by atoms with Gasteiger partial charge in [0.15, 0.2) is 12.4 Å². The van der Waals surface area contributed by atoms with Crippen molar-refractivity contribution in [3.63, 3.8) is 0 Å². The van der Waals surface area contributed by atoms with Crippen molar-refractivity contribution >= 4 is 0 Å². The number of halogens is 1. The van der Waals surface area contributed by atoms with Crippen LogP contribution in [0.25, 0.3) is 0 Å². The smallest absolute Gasteiger partial charge is 0.168 e. The Labute approximate surface area is 88.8 Å². The second-order valence-electron chi connectivity index (χ2n) is 3.64. The molecule has 0 fully saturated rings. The zero-order valence-corrected chi connectivity index (χ0v) is 8.65. The molecule has 0 bridgehead atoms. The Morgan fingerprint density at radius 1 is 1.07 bits per heavy atom. The van der Waals surface area contributed by atoms with Crippen molar-refractivity contribution in [2.24, 2.45) is 7.05 Å². The first-order valence-corrected chi connectivity index (χ1v) is 4.93. The minimum Gasteiger partial charge on any atom is -0.208 e. The van der Waals surface area contributed by atoms with E-state index in [9.17, 15) is 4.39 Å². The van der Waals surface area contributed by atoms with Gasteiger partial charge in [-0.2, -0.15) is 0 Å². The van der Waals surface area contributed by atoms with Gasteiger partial charge < -0.3 is 0 Å². The quantitative estimate of drug-likeness (QED) is 0.657. The van der Waals surface area contributed by atoms with Crippen molar-refractivity contribution in [2.45, 2.75) is 6.42 Å². The molecule has 0 aliphatic heterocycles. The molecule has 0 amide bonds. The van der Waals surface area contributed by atoms with Crippen LogP contribution in [0.2, 0.25) is 0 Å². The summed E-state index contributed by atoms with van der Waals surface area (Å²) in [6.07, 6.45) is 4.58. The van der Waals surface area contributed by atoms with E-state index in [1.165, 1.54) is 6.07 Å². The highest BCUT2D eigenvalue weighted by molar-refractivity contribution is 5.24. The number of hydrogen-bond donors (Lipinski definition) is 0. The first-order chi connectivity index (χ1) is 7.25. The third-order valence-corrected chi connectivity index (χ3v) is 2.40. The third-order valence-electron chi connectivity index (χ3n) is 2.40. The third kappa shape index (κ3) is 2.40. The summed E-state index contributed by atoms with van der Waals surface area (Å²) in [5, 5.41) is 0. The van der Waals surface area contributed by atoms with Crippen LogP contribution < -0.4 is 4.57 Å². The van der Waals surface area contributed by atoms with Crippen LogP contribution in [0.5, 0.6) is 0 Å². The molecule has 0 radical (unpaired) electrons. The number of nitrogens with zero attached hydrogens (tertiary/aromatic N) is 1. The number of hydrogen-bond acceptors (Lipinski definition) is 0. The SMILES string of the molecule is C[n+]1ccc(Cc2ccccc2F)cc1. The normalized spacial score (nSPS) is 10.3. The zero-order valence-electron chi connectivity index (χ0n) is 8.65. The first kappa shape index (κ1) is 9.84. The maximum Gasteiger partial charge on any atom is 0.168 e. The molecule has 0 unspecified atom stereocenters. The van der Waals surface area contributed by atoms with Gasteiger partial charge >= 0.3 is 0 Å². The van der Waals surface area contributed by atoms with Gasteiger partial charge in [0.25, 0.3) is 0 Å². The Hall–Kier alpha value is -1.70. The minimum atomic E-state index is -0.134. The van der Waals surface area contributed by atoms with E-state index in [-0.39, 0.29) is 5.82 Å². The van der Waals surface area contributed by atoms with E-state index >= 15 is 0 Å². The van der Waals surface area contributed by atoms with E-state index in [1.54, 1.807) is 6.07 Å². The lowest BCUT2D eigenvalue weighted by molar-refractivity contribution is -0.671. The van der Waals surface area contributed by atoms with Crippen molar-refractivity contribution in [3.05, 3.63) is 65.7 Å². The summed E-state index contributed by atoms with van der Waals surface area (Å²) >= 11 is 0. The maximum atomic E-state index is 13.3. The molecule has 2 heteroatoms. The molecule has 1 heterocycles. The van der Waals surface area contributed by atoms with Crippen molar-refractivity contribution in [2.75, 3.05) is 0 Å². The molecular weight excluding hydrogens is 189 g/mol. The van der Waals surface area contributed by atoms with Crippen LogP contribution >= 0.6 is 0 Å². The van der Waals surface area contributed by atoms with Gasteiger partial charge in [0, 0.05) is 18.6 Å². The molecule has 0 aliphatic rings. The van der Waals surface area contributed by atoms with E-state index in [0.29, 0.717) is 6.42 Å². The monoisotopic (exact) mass is 202 g/mol. The Balaban J connectivity index is 2.22. The molecule has 0 saturated heterocycles. The van der Waals surface area contributed by atoms with Crippen molar-refractivity contribution < 1.29 is 8.96 Å². The Morgan fingerprint density at radius 2 is 1.73 bits per heavy atom. The largest absolute Gasteiger partial charge is 0.208 e. The van der Waals surface area contributed by atoms with Crippen molar-refractivity contribution in [1.82, 2.24) is 0 Å².